The second-order valence-electron chi connectivity index (χ2n) is 6.52. The number of likely N-dealkylation sites (N-methyl/N-ethyl adjacent to an activating group) is 1. The summed E-state index contributed by atoms with van der Waals surface area (Å²) in [5.41, 5.74) is 6.10. The largest absolute Gasteiger partial charge is 0.493 e. The van der Waals surface area contributed by atoms with Gasteiger partial charge in [0.1, 0.15) is 5.60 Å². The number of carbonyl (C=O) groups excluding carboxylic acids is 1. The molecule has 27 heavy (non-hydrogen) atoms. The number of halogens is 1. The van der Waals surface area contributed by atoms with Gasteiger partial charge >= 0.3 is 6.09 Å². The maximum atomic E-state index is 12.1. The highest BCUT2D eigenvalue weighted by Gasteiger charge is 2.20. The van der Waals surface area contributed by atoms with E-state index in [4.69, 9.17) is 19.9 Å². The SMILES string of the molecule is CCN(CCN=C(N)Nc1ccc(OC)c(OC)c1)C(=O)OC(C)(C)C.I. The average molecular weight is 494 g/mol. The molecule has 154 valence electrons. The number of hydrogen-bond donors (Lipinski definition) is 2. The van der Waals surface area contributed by atoms with E-state index in [1.54, 1.807) is 31.3 Å². The van der Waals surface area contributed by atoms with Crippen LogP contribution in [0.4, 0.5) is 10.5 Å². The predicted molar refractivity (Wildman–Crippen MR) is 119 cm³/mol. The molecule has 0 fully saturated rings. The molecule has 1 rings (SSSR count). The van der Waals surface area contributed by atoms with Crippen LogP contribution in [0.25, 0.3) is 0 Å². The third-order valence-electron chi connectivity index (χ3n) is 3.34. The molecule has 0 aliphatic rings. The summed E-state index contributed by atoms with van der Waals surface area (Å²) in [6, 6.07) is 5.35. The lowest BCUT2D eigenvalue weighted by Crippen LogP contribution is -2.38. The van der Waals surface area contributed by atoms with Crippen molar-refractivity contribution in [2.75, 3.05) is 39.2 Å². The Hall–Kier alpha value is -1.91. The Bertz CT molecular complexity index is 632. The van der Waals surface area contributed by atoms with E-state index < -0.39 is 5.60 Å². The number of nitrogens with two attached hydrogens (primary N) is 1. The van der Waals surface area contributed by atoms with Gasteiger partial charge in [0.25, 0.3) is 0 Å². The van der Waals surface area contributed by atoms with Crippen molar-refractivity contribution in [1.82, 2.24) is 4.90 Å². The molecule has 0 atom stereocenters. The fraction of sp³-hybridized carbons (Fsp3) is 0.556. The molecule has 8 nitrogen and oxygen atoms in total. The van der Waals surface area contributed by atoms with Crippen LogP contribution >= 0.6 is 24.0 Å². The van der Waals surface area contributed by atoms with Crippen molar-refractivity contribution < 1.29 is 19.0 Å². The smallest absolute Gasteiger partial charge is 0.410 e. The van der Waals surface area contributed by atoms with Gasteiger partial charge < -0.3 is 30.2 Å². The zero-order valence-corrected chi connectivity index (χ0v) is 19.2. The van der Waals surface area contributed by atoms with Gasteiger partial charge in [0, 0.05) is 24.8 Å². The summed E-state index contributed by atoms with van der Waals surface area (Å²) in [6.07, 6.45) is -0.360. The molecule has 1 aromatic carbocycles. The lowest BCUT2D eigenvalue weighted by molar-refractivity contribution is 0.0266. The van der Waals surface area contributed by atoms with E-state index in [0.29, 0.717) is 31.1 Å². The van der Waals surface area contributed by atoms with Crippen LogP contribution in [0.1, 0.15) is 27.7 Å². The van der Waals surface area contributed by atoms with Crippen molar-refractivity contribution in [3.63, 3.8) is 0 Å². The van der Waals surface area contributed by atoms with Crippen LogP contribution in [0.3, 0.4) is 0 Å². The first-order valence-electron chi connectivity index (χ1n) is 8.47. The molecule has 0 spiro atoms. The first-order chi connectivity index (χ1) is 12.2. The number of ether oxygens (including phenoxy) is 3. The number of nitrogens with one attached hydrogen (secondary N) is 1. The topological polar surface area (TPSA) is 98.4 Å². The van der Waals surface area contributed by atoms with Gasteiger partial charge in [0.05, 0.1) is 20.8 Å². The van der Waals surface area contributed by atoms with Crippen molar-refractivity contribution in [3.05, 3.63) is 18.2 Å². The van der Waals surface area contributed by atoms with Gasteiger partial charge in [-0.05, 0) is 39.8 Å². The third kappa shape index (κ3) is 9.03. The van der Waals surface area contributed by atoms with Crippen molar-refractivity contribution in [2.45, 2.75) is 33.3 Å². The minimum atomic E-state index is -0.526. The maximum Gasteiger partial charge on any atom is 0.410 e. The van der Waals surface area contributed by atoms with E-state index in [1.807, 2.05) is 33.8 Å². The van der Waals surface area contributed by atoms with Gasteiger partial charge in [-0.3, -0.25) is 4.99 Å². The summed E-state index contributed by atoms with van der Waals surface area (Å²) < 4.78 is 15.8. The first kappa shape index (κ1) is 25.1. The summed E-state index contributed by atoms with van der Waals surface area (Å²) in [6.45, 7) is 8.71. The van der Waals surface area contributed by atoms with Gasteiger partial charge in [-0.1, -0.05) is 0 Å². The normalized spacial score (nSPS) is 11.3. The Labute approximate surface area is 178 Å². The summed E-state index contributed by atoms with van der Waals surface area (Å²) >= 11 is 0. The number of aliphatic imine (C=N–C) groups is 1. The summed E-state index contributed by atoms with van der Waals surface area (Å²) in [4.78, 5) is 17.9. The van der Waals surface area contributed by atoms with E-state index in [1.165, 1.54) is 0 Å². The molecule has 0 unspecified atom stereocenters. The number of anilines is 1. The molecule has 0 radical (unpaired) electrons. The zero-order valence-electron chi connectivity index (χ0n) is 16.9. The molecule has 0 saturated carbocycles. The number of nitrogens with zero attached hydrogens (tertiary/aromatic N) is 2. The molecule has 9 heteroatoms. The summed E-state index contributed by atoms with van der Waals surface area (Å²) in [5.74, 6) is 1.47. The second-order valence-corrected chi connectivity index (χ2v) is 6.52. The quantitative estimate of drug-likeness (QED) is 0.343. The minimum absolute atomic E-state index is 0. The molecule has 0 aliphatic heterocycles. The number of benzene rings is 1. The molecule has 0 bridgehead atoms. The van der Waals surface area contributed by atoms with Crippen molar-refractivity contribution in [1.29, 1.82) is 0 Å². The van der Waals surface area contributed by atoms with Crippen LogP contribution in [0.5, 0.6) is 11.5 Å². The molecule has 0 heterocycles. The van der Waals surface area contributed by atoms with Gasteiger partial charge in [0.2, 0.25) is 0 Å². The highest BCUT2D eigenvalue weighted by Crippen LogP contribution is 2.29. The van der Waals surface area contributed by atoms with Crippen LogP contribution in [-0.4, -0.2) is 56.4 Å². The fourth-order valence-electron chi connectivity index (χ4n) is 2.10. The van der Waals surface area contributed by atoms with Crippen LogP contribution in [0.2, 0.25) is 0 Å². The average Bonchev–Trinajstić information content (AvgIpc) is 2.56. The van der Waals surface area contributed by atoms with Crippen molar-refractivity contribution in [2.24, 2.45) is 10.7 Å². The molecule has 0 aliphatic carbocycles. The van der Waals surface area contributed by atoms with Gasteiger partial charge in [-0.15, -0.1) is 24.0 Å². The van der Waals surface area contributed by atoms with E-state index in [-0.39, 0.29) is 36.0 Å². The predicted octanol–water partition coefficient (Wildman–Crippen LogP) is 3.31. The highest BCUT2D eigenvalue weighted by atomic mass is 127. The monoisotopic (exact) mass is 494 g/mol. The van der Waals surface area contributed by atoms with Crippen molar-refractivity contribution >= 4 is 41.7 Å². The number of methoxy groups -OCH3 is 2. The van der Waals surface area contributed by atoms with E-state index in [0.717, 1.165) is 5.69 Å². The van der Waals surface area contributed by atoms with E-state index in [9.17, 15) is 4.79 Å². The van der Waals surface area contributed by atoms with Crippen LogP contribution in [-0.2, 0) is 4.74 Å². The van der Waals surface area contributed by atoms with Gasteiger partial charge in [-0.25, -0.2) is 4.79 Å². The van der Waals surface area contributed by atoms with Crippen molar-refractivity contribution in [3.8, 4) is 11.5 Å². The molecule has 0 saturated heterocycles. The van der Waals surface area contributed by atoms with E-state index in [2.05, 4.69) is 10.3 Å². The number of rotatable bonds is 7. The van der Waals surface area contributed by atoms with Gasteiger partial charge in [-0.2, -0.15) is 0 Å². The van der Waals surface area contributed by atoms with E-state index >= 15 is 0 Å². The molecule has 1 amide bonds. The molecular weight excluding hydrogens is 463 g/mol. The zero-order chi connectivity index (χ0) is 19.7. The standard InChI is InChI=1S/C18H30N4O4.HI/c1-7-22(17(23)26-18(2,3)4)11-10-20-16(19)21-13-8-9-14(24-5)15(12-13)25-6;/h8-9,12H,7,10-11H2,1-6H3,(H3,19,20,21);1H. The minimum Gasteiger partial charge on any atom is -0.493 e. The second kappa shape index (κ2) is 11.7. The fourth-order valence-corrected chi connectivity index (χ4v) is 2.10. The summed E-state index contributed by atoms with van der Waals surface area (Å²) in [7, 11) is 3.14. The molecule has 0 aromatic heterocycles. The number of amides is 1. The highest BCUT2D eigenvalue weighted by molar-refractivity contribution is 14.0. The van der Waals surface area contributed by atoms with Gasteiger partial charge in [0.15, 0.2) is 17.5 Å². The lowest BCUT2D eigenvalue weighted by atomic mass is 10.2. The molecule has 3 N–H and O–H groups in total. The first-order valence-corrected chi connectivity index (χ1v) is 8.47. The number of carbonyl (C=O) groups is 1. The third-order valence-corrected chi connectivity index (χ3v) is 3.34. The van der Waals surface area contributed by atoms with Crippen LogP contribution in [0, 0.1) is 0 Å². The lowest BCUT2D eigenvalue weighted by Gasteiger charge is -2.26. The van der Waals surface area contributed by atoms with Crippen LogP contribution in [0.15, 0.2) is 23.2 Å². The van der Waals surface area contributed by atoms with Crippen LogP contribution < -0.4 is 20.5 Å². The number of hydrogen-bond acceptors (Lipinski definition) is 5. The Kier molecular flexibility index (Phi) is 10.9. The Morgan fingerprint density at radius 2 is 1.85 bits per heavy atom. The Balaban J connectivity index is 0.00000676. The Morgan fingerprint density at radius 3 is 2.37 bits per heavy atom. The Morgan fingerprint density at radius 1 is 1.22 bits per heavy atom. The maximum absolute atomic E-state index is 12.1. The molecule has 1 aromatic rings. The molecular formula is C18H31IN4O4. The summed E-state index contributed by atoms with van der Waals surface area (Å²) in [5, 5.41) is 2.98. The number of guanidine groups is 1.